The number of nitrogens with one attached hydrogen (secondary N) is 1. The molecule has 2 N–H and O–H groups in total. The van der Waals surface area contributed by atoms with E-state index in [1.54, 1.807) is 0 Å². The summed E-state index contributed by atoms with van der Waals surface area (Å²) in [7, 11) is 0. The Bertz CT molecular complexity index is 697. The van der Waals surface area contributed by atoms with Crippen LogP contribution < -0.4 is 10.2 Å². The highest BCUT2D eigenvalue weighted by molar-refractivity contribution is 5.38. The zero-order chi connectivity index (χ0) is 17.1. The molecule has 0 saturated carbocycles. The minimum absolute atomic E-state index is 0.470. The lowest BCUT2D eigenvalue weighted by Crippen LogP contribution is -2.48. The van der Waals surface area contributed by atoms with Crippen molar-refractivity contribution in [3.63, 3.8) is 0 Å². The van der Waals surface area contributed by atoms with Crippen LogP contribution in [0.15, 0.2) is 48.7 Å². The Kier molecular flexibility index (Phi) is 4.73. The average molecular weight is 337 g/mol. The molecule has 1 aromatic carbocycles. The van der Waals surface area contributed by atoms with E-state index in [4.69, 9.17) is 0 Å². The molecule has 4 heteroatoms. The molecule has 2 aliphatic rings. The monoisotopic (exact) mass is 337 g/mol. The van der Waals surface area contributed by atoms with E-state index < -0.39 is 5.60 Å². The van der Waals surface area contributed by atoms with Crippen LogP contribution in [0.4, 0.5) is 5.82 Å². The van der Waals surface area contributed by atoms with Crippen LogP contribution in [0, 0.1) is 0 Å². The molecule has 132 valence electrons. The van der Waals surface area contributed by atoms with Crippen LogP contribution in [0.3, 0.4) is 0 Å². The summed E-state index contributed by atoms with van der Waals surface area (Å²) in [5.74, 6) is 1.07. The Labute approximate surface area is 149 Å². The van der Waals surface area contributed by atoms with E-state index in [9.17, 15) is 5.11 Å². The molecular weight excluding hydrogens is 310 g/mol. The van der Waals surface area contributed by atoms with Crippen LogP contribution in [-0.4, -0.2) is 35.8 Å². The topological polar surface area (TPSA) is 48.4 Å². The van der Waals surface area contributed by atoms with Crippen molar-refractivity contribution in [1.82, 2.24) is 10.3 Å². The lowest BCUT2D eigenvalue weighted by molar-refractivity contribution is 0.0159. The van der Waals surface area contributed by atoms with Gasteiger partial charge in [0.2, 0.25) is 0 Å². The molecule has 0 bridgehead atoms. The van der Waals surface area contributed by atoms with Crippen molar-refractivity contribution in [2.45, 2.75) is 43.7 Å². The van der Waals surface area contributed by atoms with Crippen LogP contribution >= 0.6 is 0 Å². The van der Waals surface area contributed by atoms with Crippen LogP contribution in [0.25, 0.3) is 0 Å². The van der Waals surface area contributed by atoms with Gasteiger partial charge in [0.05, 0.1) is 0 Å². The predicted molar refractivity (Wildman–Crippen MR) is 101 cm³/mol. The number of piperidine rings is 1. The van der Waals surface area contributed by atoms with Gasteiger partial charge in [-0.1, -0.05) is 30.3 Å². The van der Waals surface area contributed by atoms with E-state index >= 15 is 0 Å². The quantitative estimate of drug-likeness (QED) is 0.901. The number of anilines is 1. The number of hydrogen-bond acceptors (Lipinski definition) is 4. The van der Waals surface area contributed by atoms with Gasteiger partial charge >= 0.3 is 0 Å². The second kappa shape index (κ2) is 7.14. The van der Waals surface area contributed by atoms with E-state index in [0.29, 0.717) is 12.6 Å². The van der Waals surface area contributed by atoms with E-state index in [-0.39, 0.29) is 0 Å². The van der Waals surface area contributed by atoms with Gasteiger partial charge in [-0.25, -0.2) is 4.98 Å². The van der Waals surface area contributed by atoms with E-state index in [2.05, 4.69) is 39.5 Å². The molecule has 1 saturated heterocycles. The summed E-state index contributed by atoms with van der Waals surface area (Å²) < 4.78 is 0. The number of aryl methyl sites for hydroxylation is 1. The number of fused-ring (bicyclic) bond motifs is 1. The Morgan fingerprint density at radius 2 is 1.92 bits per heavy atom. The number of pyridine rings is 1. The molecule has 0 unspecified atom stereocenters. The Morgan fingerprint density at radius 3 is 2.72 bits per heavy atom. The molecule has 4 nitrogen and oxygen atoms in total. The number of benzene rings is 1. The van der Waals surface area contributed by atoms with Gasteiger partial charge in [-0.2, -0.15) is 0 Å². The van der Waals surface area contributed by atoms with Crippen molar-refractivity contribution >= 4 is 5.82 Å². The highest BCUT2D eigenvalue weighted by atomic mass is 16.3. The summed E-state index contributed by atoms with van der Waals surface area (Å²) in [5, 5.41) is 14.8. The predicted octanol–water partition coefficient (Wildman–Crippen LogP) is 2.86. The molecule has 1 aromatic heterocycles. The molecule has 1 atom stereocenters. The fourth-order valence-corrected chi connectivity index (χ4v) is 4.25. The third kappa shape index (κ3) is 3.55. The molecule has 1 aliphatic heterocycles. The number of aromatic nitrogens is 1. The normalized spacial score (nSPS) is 24.1. The van der Waals surface area contributed by atoms with Crippen molar-refractivity contribution in [3.8, 4) is 0 Å². The number of rotatable bonds is 4. The second-order valence-electron chi connectivity index (χ2n) is 7.37. The van der Waals surface area contributed by atoms with Crippen LogP contribution in [0.1, 0.15) is 36.8 Å². The van der Waals surface area contributed by atoms with Gasteiger partial charge in [0.15, 0.2) is 0 Å². The first kappa shape index (κ1) is 16.6. The number of hydrogen-bond donors (Lipinski definition) is 2. The van der Waals surface area contributed by atoms with Crippen molar-refractivity contribution in [2.75, 3.05) is 24.5 Å². The molecule has 1 aliphatic carbocycles. The summed E-state index contributed by atoms with van der Waals surface area (Å²) in [6.07, 6.45) is 7.04. The van der Waals surface area contributed by atoms with Crippen LogP contribution in [-0.2, 0) is 12.0 Å². The van der Waals surface area contributed by atoms with Gasteiger partial charge < -0.3 is 15.3 Å². The largest absolute Gasteiger partial charge is 0.384 e. The summed E-state index contributed by atoms with van der Waals surface area (Å²) in [5.41, 5.74) is 1.72. The highest BCUT2D eigenvalue weighted by Crippen LogP contribution is 2.35. The minimum Gasteiger partial charge on any atom is -0.384 e. The third-order valence-corrected chi connectivity index (χ3v) is 5.71. The van der Waals surface area contributed by atoms with Crippen LogP contribution in [0.2, 0.25) is 0 Å². The average Bonchev–Trinajstić information content (AvgIpc) is 2.68. The summed E-state index contributed by atoms with van der Waals surface area (Å²) in [6, 6.07) is 14.9. The van der Waals surface area contributed by atoms with Gasteiger partial charge in [0.25, 0.3) is 0 Å². The maximum Gasteiger partial charge on any atom is 0.128 e. The van der Waals surface area contributed by atoms with E-state index in [1.807, 2.05) is 24.4 Å². The van der Waals surface area contributed by atoms with Gasteiger partial charge in [-0.3, -0.25) is 0 Å². The van der Waals surface area contributed by atoms with E-state index in [1.165, 1.54) is 5.56 Å². The molecule has 1 fully saturated rings. The number of nitrogens with zero attached hydrogens (tertiary/aromatic N) is 2. The SMILES string of the molecule is O[C@@]1(CNC2CCN(c3ccccn3)CC2)CCCc2ccccc21. The molecule has 0 radical (unpaired) electrons. The fourth-order valence-electron chi connectivity index (χ4n) is 4.25. The second-order valence-corrected chi connectivity index (χ2v) is 7.37. The lowest BCUT2D eigenvalue weighted by atomic mass is 9.79. The molecule has 2 aromatic rings. The first-order valence-corrected chi connectivity index (χ1v) is 9.45. The standard InChI is InChI=1S/C21H27N3O/c25-21(12-5-7-17-6-1-2-8-19(17)21)16-23-18-10-14-24(15-11-18)20-9-3-4-13-22-20/h1-4,6,8-9,13,18,23,25H,5,7,10-12,14-16H2/t21-/m1/s1. The van der Waals surface area contributed by atoms with Gasteiger partial charge in [-0.15, -0.1) is 0 Å². The fraction of sp³-hybridized carbons (Fsp3) is 0.476. The number of aliphatic hydroxyl groups is 1. The molecular formula is C21H27N3O. The summed E-state index contributed by atoms with van der Waals surface area (Å²) in [4.78, 5) is 6.80. The lowest BCUT2D eigenvalue weighted by Gasteiger charge is -2.38. The zero-order valence-electron chi connectivity index (χ0n) is 14.7. The van der Waals surface area contributed by atoms with Gasteiger partial charge in [0, 0.05) is 31.9 Å². The Balaban J connectivity index is 1.34. The molecule has 25 heavy (non-hydrogen) atoms. The maximum absolute atomic E-state index is 11.2. The smallest absolute Gasteiger partial charge is 0.128 e. The molecule has 0 amide bonds. The molecule has 2 heterocycles. The van der Waals surface area contributed by atoms with Crippen molar-refractivity contribution in [1.29, 1.82) is 0 Å². The highest BCUT2D eigenvalue weighted by Gasteiger charge is 2.34. The van der Waals surface area contributed by atoms with Gasteiger partial charge in [0.1, 0.15) is 11.4 Å². The summed E-state index contributed by atoms with van der Waals surface area (Å²) >= 11 is 0. The first-order valence-electron chi connectivity index (χ1n) is 9.45. The van der Waals surface area contributed by atoms with Crippen molar-refractivity contribution in [3.05, 3.63) is 59.8 Å². The minimum atomic E-state index is -0.715. The van der Waals surface area contributed by atoms with Crippen LogP contribution in [0.5, 0.6) is 0 Å². The third-order valence-electron chi connectivity index (χ3n) is 5.71. The molecule has 0 spiro atoms. The Hall–Kier alpha value is -1.91. The summed E-state index contributed by atoms with van der Waals surface area (Å²) in [6.45, 7) is 2.69. The van der Waals surface area contributed by atoms with Gasteiger partial charge in [-0.05, 0) is 55.4 Å². The molecule has 4 rings (SSSR count). The van der Waals surface area contributed by atoms with E-state index in [0.717, 1.165) is 56.6 Å². The van der Waals surface area contributed by atoms with Crippen molar-refractivity contribution in [2.24, 2.45) is 0 Å². The first-order chi connectivity index (χ1) is 12.2. The Morgan fingerprint density at radius 1 is 1.12 bits per heavy atom. The van der Waals surface area contributed by atoms with Crippen molar-refractivity contribution < 1.29 is 5.11 Å². The maximum atomic E-state index is 11.2. The zero-order valence-corrected chi connectivity index (χ0v) is 14.7.